The number of pyridine rings is 1. The third kappa shape index (κ3) is 3.77. The average Bonchev–Trinajstić information content (AvgIpc) is 2.61. The van der Waals surface area contributed by atoms with Crippen LogP contribution in [0.15, 0.2) is 65.7 Å². The largest absolute Gasteiger partial charge is 0.345 e. The predicted octanol–water partition coefficient (Wildman–Crippen LogP) is 4.47. The lowest BCUT2D eigenvalue weighted by molar-refractivity contribution is -0.127. The van der Waals surface area contributed by atoms with Crippen molar-refractivity contribution in [2.45, 2.75) is 11.9 Å². The maximum Gasteiger partial charge on any atom is 0.219 e. The highest BCUT2D eigenvalue weighted by molar-refractivity contribution is 7.99. The Morgan fingerprint density at radius 1 is 1.08 bits per heavy atom. The number of carbonyl (C=O) groups excluding carboxylic acids is 1. The van der Waals surface area contributed by atoms with E-state index >= 15 is 0 Å². The number of thioether (sulfide) groups is 1. The lowest BCUT2D eigenvalue weighted by Gasteiger charge is -2.15. The van der Waals surface area contributed by atoms with Gasteiger partial charge in [-0.2, -0.15) is 0 Å². The van der Waals surface area contributed by atoms with E-state index < -0.39 is 0 Å². The topological polar surface area (TPSA) is 33.2 Å². The smallest absolute Gasteiger partial charge is 0.219 e. The molecule has 1 heterocycles. The summed E-state index contributed by atoms with van der Waals surface area (Å²) in [7, 11) is 1.83. The minimum Gasteiger partial charge on any atom is -0.345 e. The van der Waals surface area contributed by atoms with Crippen LogP contribution in [0.4, 0.5) is 0 Å². The summed E-state index contributed by atoms with van der Waals surface area (Å²) >= 11 is 1.70. The molecule has 0 saturated carbocycles. The van der Waals surface area contributed by atoms with Crippen LogP contribution in [0, 0.1) is 0 Å². The first kappa shape index (κ1) is 16.5. The molecule has 3 aromatic rings. The zero-order chi connectivity index (χ0) is 16.9. The van der Waals surface area contributed by atoms with Gasteiger partial charge in [0.2, 0.25) is 5.91 Å². The number of aromatic nitrogens is 1. The first-order valence-corrected chi connectivity index (χ1v) is 8.93. The zero-order valence-electron chi connectivity index (χ0n) is 13.9. The normalized spacial score (nSPS) is 10.8. The highest BCUT2D eigenvalue weighted by Crippen LogP contribution is 2.32. The van der Waals surface area contributed by atoms with E-state index in [0.717, 1.165) is 32.8 Å². The number of amides is 1. The Morgan fingerprint density at radius 3 is 2.54 bits per heavy atom. The Labute approximate surface area is 146 Å². The molecule has 0 unspecified atom stereocenters. The number of nitrogens with zero attached hydrogens (tertiary/aromatic N) is 2. The molecule has 3 nitrogen and oxygen atoms in total. The predicted molar refractivity (Wildman–Crippen MR) is 101 cm³/mol. The van der Waals surface area contributed by atoms with E-state index in [0.29, 0.717) is 6.54 Å². The molecule has 24 heavy (non-hydrogen) atoms. The Bertz CT molecular complexity index is 849. The van der Waals surface area contributed by atoms with Crippen LogP contribution in [0.3, 0.4) is 0 Å². The molecular formula is C20H20N2OS. The van der Waals surface area contributed by atoms with Crippen LogP contribution < -0.4 is 0 Å². The van der Waals surface area contributed by atoms with Crippen molar-refractivity contribution >= 4 is 28.6 Å². The summed E-state index contributed by atoms with van der Waals surface area (Å²) in [6.07, 6.45) is 0. The van der Waals surface area contributed by atoms with Crippen LogP contribution in [0.2, 0.25) is 0 Å². The van der Waals surface area contributed by atoms with Gasteiger partial charge in [-0.25, -0.2) is 4.98 Å². The summed E-state index contributed by atoms with van der Waals surface area (Å²) in [6.45, 7) is 2.30. The fourth-order valence-electron chi connectivity index (χ4n) is 2.47. The fourth-order valence-corrected chi connectivity index (χ4v) is 3.52. The van der Waals surface area contributed by atoms with Gasteiger partial charge in [-0.3, -0.25) is 4.79 Å². The summed E-state index contributed by atoms with van der Waals surface area (Å²) in [5.41, 5.74) is 3.31. The molecule has 0 aliphatic carbocycles. The van der Waals surface area contributed by atoms with E-state index in [-0.39, 0.29) is 5.91 Å². The summed E-state index contributed by atoms with van der Waals surface area (Å²) in [5, 5.41) is 2.15. The maximum atomic E-state index is 11.4. The summed E-state index contributed by atoms with van der Waals surface area (Å²) in [5.74, 6) is 0.909. The lowest BCUT2D eigenvalue weighted by atomic mass is 10.1. The summed E-state index contributed by atoms with van der Waals surface area (Å²) < 4.78 is 0. The molecule has 0 atom stereocenters. The van der Waals surface area contributed by atoms with Crippen molar-refractivity contribution in [2.24, 2.45) is 0 Å². The van der Waals surface area contributed by atoms with E-state index in [9.17, 15) is 4.79 Å². The maximum absolute atomic E-state index is 11.4. The van der Waals surface area contributed by atoms with Crippen molar-refractivity contribution in [1.82, 2.24) is 9.88 Å². The van der Waals surface area contributed by atoms with Gasteiger partial charge in [-0.05, 0) is 17.7 Å². The second kappa shape index (κ2) is 7.49. The third-order valence-corrected chi connectivity index (χ3v) is 4.95. The summed E-state index contributed by atoms with van der Waals surface area (Å²) in [6, 6.07) is 20.7. The van der Waals surface area contributed by atoms with Gasteiger partial charge in [0.15, 0.2) is 0 Å². The Balaban J connectivity index is 1.93. The minimum absolute atomic E-state index is 0.0883. The van der Waals surface area contributed by atoms with Gasteiger partial charge in [0.05, 0.1) is 5.52 Å². The molecule has 3 rings (SSSR count). The number of carbonyl (C=O) groups is 1. The van der Waals surface area contributed by atoms with Crippen LogP contribution in [0.5, 0.6) is 0 Å². The Hall–Kier alpha value is -2.33. The van der Waals surface area contributed by atoms with Gasteiger partial charge >= 0.3 is 0 Å². The van der Waals surface area contributed by atoms with Crippen molar-refractivity contribution in [1.29, 1.82) is 0 Å². The van der Waals surface area contributed by atoms with Crippen LogP contribution in [-0.2, 0) is 4.79 Å². The number of hydrogen-bond donors (Lipinski definition) is 0. The van der Waals surface area contributed by atoms with E-state index in [1.807, 2.05) is 43.4 Å². The Morgan fingerprint density at radius 2 is 1.79 bits per heavy atom. The highest BCUT2D eigenvalue weighted by Gasteiger charge is 2.10. The second-order valence-corrected chi connectivity index (χ2v) is 6.77. The first-order chi connectivity index (χ1) is 11.6. The number of fused-ring (bicyclic) bond motifs is 1. The molecule has 0 saturated heterocycles. The van der Waals surface area contributed by atoms with Crippen molar-refractivity contribution in [3.05, 3.63) is 60.7 Å². The van der Waals surface area contributed by atoms with Crippen molar-refractivity contribution in [2.75, 3.05) is 19.3 Å². The average molecular weight is 336 g/mol. The monoisotopic (exact) mass is 336 g/mol. The fraction of sp³-hybridized carbons (Fsp3) is 0.200. The van der Waals surface area contributed by atoms with Crippen molar-refractivity contribution in [3.63, 3.8) is 0 Å². The molecule has 2 aromatic carbocycles. The van der Waals surface area contributed by atoms with Crippen molar-refractivity contribution in [3.8, 4) is 11.1 Å². The molecule has 4 heteroatoms. The number of rotatable bonds is 5. The molecule has 0 spiro atoms. The van der Waals surface area contributed by atoms with E-state index in [2.05, 4.69) is 24.3 Å². The van der Waals surface area contributed by atoms with Gasteiger partial charge in [0, 0.05) is 37.2 Å². The van der Waals surface area contributed by atoms with Crippen molar-refractivity contribution < 1.29 is 4.79 Å². The van der Waals surface area contributed by atoms with Crippen LogP contribution in [-0.4, -0.2) is 35.1 Å². The lowest BCUT2D eigenvalue weighted by Crippen LogP contribution is -2.26. The molecule has 0 fully saturated rings. The van der Waals surface area contributed by atoms with Gasteiger partial charge in [0.1, 0.15) is 5.03 Å². The second-order valence-electron chi connectivity index (χ2n) is 5.69. The zero-order valence-corrected chi connectivity index (χ0v) is 14.7. The van der Waals surface area contributed by atoms with Crippen LogP contribution in [0.25, 0.3) is 22.0 Å². The molecule has 1 amide bonds. The molecule has 0 bridgehead atoms. The quantitative estimate of drug-likeness (QED) is 0.644. The number of para-hydroxylation sites is 1. The number of benzene rings is 2. The number of hydrogen-bond acceptors (Lipinski definition) is 3. The van der Waals surface area contributed by atoms with Gasteiger partial charge < -0.3 is 4.90 Å². The molecule has 0 N–H and O–H groups in total. The van der Waals surface area contributed by atoms with Crippen LogP contribution >= 0.6 is 11.8 Å². The molecule has 0 aliphatic heterocycles. The molecular weight excluding hydrogens is 316 g/mol. The van der Waals surface area contributed by atoms with E-state index in [1.54, 1.807) is 23.6 Å². The molecule has 0 aliphatic rings. The molecule has 1 aromatic heterocycles. The van der Waals surface area contributed by atoms with E-state index in [1.165, 1.54) is 0 Å². The highest BCUT2D eigenvalue weighted by atomic mass is 32.2. The van der Waals surface area contributed by atoms with Gasteiger partial charge in [-0.15, -0.1) is 11.8 Å². The minimum atomic E-state index is 0.0883. The molecule has 0 radical (unpaired) electrons. The Kier molecular flexibility index (Phi) is 5.16. The summed E-state index contributed by atoms with van der Waals surface area (Å²) in [4.78, 5) is 17.9. The van der Waals surface area contributed by atoms with Gasteiger partial charge in [0.25, 0.3) is 0 Å². The van der Waals surface area contributed by atoms with Crippen LogP contribution in [0.1, 0.15) is 6.92 Å². The standard InChI is InChI=1S/C20H20N2OS/c1-15(23)22(2)12-13-24-20-18(16-8-4-3-5-9-16)14-17-10-6-7-11-19(17)21-20/h3-11,14H,12-13H2,1-2H3. The first-order valence-electron chi connectivity index (χ1n) is 7.95. The molecule has 122 valence electrons. The van der Waals surface area contributed by atoms with Gasteiger partial charge in [-0.1, -0.05) is 48.5 Å². The SMILES string of the molecule is CC(=O)N(C)CCSc1nc2ccccc2cc1-c1ccccc1. The van der Waals surface area contributed by atoms with E-state index in [4.69, 9.17) is 4.98 Å². The third-order valence-electron chi connectivity index (χ3n) is 3.98.